The summed E-state index contributed by atoms with van der Waals surface area (Å²) in [5.41, 5.74) is 2.10. The number of aromatic amines is 1. The zero-order chi connectivity index (χ0) is 17.2. The molecule has 2 aromatic heterocycles. The molecule has 1 atom stereocenters. The molecule has 3 aromatic rings. The van der Waals surface area contributed by atoms with Gasteiger partial charge in [-0.25, -0.2) is 4.98 Å². The molecule has 1 aliphatic heterocycles. The molecule has 0 bridgehead atoms. The molecule has 1 aromatic carbocycles. The van der Waals surface area contributed by atoms with E-state index >= 15 is 0 Å². The summed E-state index contributed by atoms with van der Waals surface area (Å²) in [6.07, 6.45) is 4.83. The van der Waals surface area contributed by atoms with Gasteiger partial charge in [-0.15, -0.1) is 0 Å². The molecule has 0 unspecified atom stereocenters. The highest BCUT2D eigenvalue weighted by Gasteiger charge is 2.28. The highest BCUT2D eigenvalue weighted by atomic mass is 16.5. The number of carbonyl (C=O) groups is 1. The lowest BCUT2D eigenvalue weighted by atomic mass is 10.1. The van der Waals surface area contributed by atoms with Gasteiger partial charge in [-0.1, -0.05) is 18.2 Å². The average molecular weight is 336 g/mol. The van der Waals surface area contributed by atoms with Crippen LogP contribution in [0.25, 0.3) is 10.9 Å². The Morgan fingerprint density at radius 3 is 3.12 bits per heavy atom. The number of amides is 1. The maximum absolute atomic E-state index is 12.6. The fraction of sp³-hybridized carbons (Fsp3) is 0.316. The Labute approximate surface area is 145 Å². The molecule has 6 nitrogen and oxygen atoms in total. The van der Waals surface area contributed by atoms with E-state index in [1.54, 1.807) is 12.3 Å². The van der Waals surface area contributed by atoms with Crippen LogP contribution in [0, 0.1) is 6.92 Å². The number of nitrogens with one attached hydrogen (secondary N) is 1. The van der Waals surface area contributed by atoms with Crippen molar-refractivity contribution < 1.29 is 9.53 Å². The number of hydrogen-bond donors (Lipinski definition) is 1. The molecule has 0 aliphatic carbocycles. The fourth-order valence-corrected chi connectivity index (χ4v) is 3.27. The van der Waals surface area contributed by atoms with E-state index < -0.39 is 0 Å². The molecule has 3 heterocycles. The highest BCUT2D eigenvalue weighted by Crippen LogP contribution is 2.21. The van der Waals surface area contributed by atoms with Crippen molar-refractivity contribution in [3.63, 3.8) is 0 Å². The van der Waals surface area contributed by atoms with Crippen LogP contribution in [-0.4, -0.2) is 45.0 Å². The first-order chi connectivity index (χ1) is 12.2. The predicted molar refractivity (Wildman–Crippen MR) is 94.4 cm³/mol. The minimum Gasteiger partial charge on any atom is -0.472 e. The molecule has 0 saturated carbocycles. The van der Waals surface area contributed by atoms with E-state index in [9.17, 15) is 4.79 Å². The monoisotopic (exact) mass is 336 g/mol. The van der Waals surface area contributed by atoms with Gasteiger partial charge in [-0.05, 0) is 18.6 Å². The van der Waals surface area contributed by atoms with Crippen molar-refractivity contribution in [1.29, 1.82) is 0 Å². The number of fused-ring (bicyclic) bond motifs is 1. The van der Waals surface area contributed by atoms with Crippen LogP contribution >= 0.6 is 0 Å². The first-order valence-electron chi connectivity index (χ1n) is 8.48. The molecule has 128 valence electrons. The van der Waals surface area contributed by atoms with Crippen LogP contribution < -0.4 is 4.74 Å². The van der Waals surface area contributed by atoms with Gasteiger partial charge in [-0.2, -0.15) is 4.98 Å². The zero-order valence-electron chi connectivity index (χ0n) is 14.1. The lowest BCUT2D eigenvalue weighted by Crippen LogP contribution is -2.32. The van der Waals surface area contributed by atoms with Crippen LogP contribution in [0.4, 0.5) is 0 Å². The molecular formula is C19H20N4O2. The van der Waals surface area contributed by atoms with Crippen LogP contribution in [0.15, 0.2) is 42.7 Å². The predicted octanol–water partition coefficient (Wildman–Crippen LogP) is 2.49. The van der Waals surface area contributed by atoms with Gasteiger partial charge in [0.25, 0.3) is 0 Å². The summed E-state index contributed by atoms with van der Waals surface area (Å²) in [4.78, 5) is 26.1. The van der Waals surface area contributed by atoms with Crippen molar-refractivity contribution in [2.45, 2.75) is 25.9 Å². The number of benzene rings is 1. The summed E-state index contributed by atoms with van der Waals surface area (Å²) in [5.74, 6) is 1.39. The van der Waals surface area contributed by atoms with Crippen molar-refractivity contribution in [2.75, 3.05) is 13.1 Å². The molecule has 1 saturated heterocycles. The molecule has 1 fully saturated rings. The van der Waals surface area contributed by atoms with E-state index in [0.29, 0.717) is 24.7 Å². The highest BCUT2D eigenvalue weighted by molar-refractivity contribution is 5.89. The van der Waals surface area contributed by atoms with E-state index in [-0.39, 0.29) is 12.0 Å². The van der Waals surface area contributed by atoms with Crippen LogP contribution in [0.1, 0.15) is 17.8 Å². The second-order valence-corrected chi connectivity index (χ2v) is 6.35. The summed E-state index contributed by atoms with van der Waals surface area (Å²) in [6.45, 7) is 3.15. The maximum atomic E-state index is 12.6. The van der Waals surface area contributed by atoms with E-state index in [4.69, 9.17) is 4.74 Å². The van der Waals surface area contributed by atoms with Crippen molar-refractivity contribution in [3.8, 4) is 5.88 Å². The third-order valence-corrected chi connectivity index (χ3v) is 4.55. The minimum absolute atomic E-state index is 0.0128. The topological polar surface area (TPSA) is 71.1 Å². The first-order valence-corrected chi connectivity index (χ1v) is 8.48. The molecular weight excluding hydrogens is 316 g/mol. The van der Waals surface area contributed by atoms with Crippen molar-refractivity contribution in [3.05, 3.63) is 54.1 Å². The average Bonchev–Trinajstić information content (AvgIpc) is 3.23. The van der Waals surface area contributed by atoms with Gasteiger partial charge in [0.2, 0.25) is 11.8 Å². The lowest BCUT2D eigenvalue weighted by Gasteiger charge is -2.17. The number of carbonyl (C=O) groups excluding carboxylic acids is 1. The van der Waals surface area contributed by atoms with Gasteiger partial charge in [0.15, 0.2) is 0 Å². The van der Waals surface area contributed by atoms with Crippen molar-refractivity contribution in [1.82, 2.24) is 19.9 Å². The number of para-hydroxylation sites is 1. The zero-order valence-corrected chi connectivity index (χ0v) is 14.1. The van der Waals surface area contributed by atoms with Gasteiger partial charge >= 0.3 is 0 Å². The van der Waals surface area contributed by atoms with Gasteiger partial charge in [-0.3, -0.25) is 4.79 Å². The summed E-state index contributed by atoms with van der Waals surface area (Å²) in [5, 5.41) is 1.11. The number of rotatable bonds is 4. The molecule has 0 spiro atoms. The number of H-pyrrole nitrogens is 1. The quantitative estimate of drug-likeness (QED) is 0.794. The van der Waals surface area contributed by atoms with E-state index in [1.807, 2.05) is 42.3 Å². The van der Waals surface area contributed by atoms with Crippen LogP contribution in [0.3, 0.4) is 0 Å². The maximum Gasteiger partial charge on any atom is 0.227 e. The Kier molecular flexibility index (Phi) is 4.09. The van der Waals surface area contributed by atoms with Crippen LogP contribution in [0.2, 0.25) is 0 Å². The third-order valence-electron chi connectivity index (χ3n) is 4.55. The summed E-state index contributed by atoms with van der Waals surface area (Å²) < 4.78 is 5.89. The standard InChI is InChI=1S/C19H20N4O2/c1-13-20-8-6-18(22-13)25-15-7-9-23(12-15)19(24)10-14-11-21-17-5-3-2-4-16(14)17/h2-6,8,11,15,21H,7,9-10,12H2,1H3/t15-/m1/s1. The molecule has 1 N–H and O–H groups in total. The molecule has 1 amide bonds. The van der Waals surface area contributed by atoms with Crippen LogP contribution in [-0.2, 0) is 11.2 Å². The number of hydrogen-bond acceptors (Lipinski definition) is 4. The smallest absolute Gasteiger partial charge is 0.227 e. The number of likely N-dealkylation sites (tertiary alicyclic amines) is 1. The number of aromatic nitrogens is 3. The van der Waals surface area contributed by atoms with Crippen molar-refractivity contribution in [2.24, 2.45) is 0 Å². The summed E-state index contributed by atoms with van der Waals surface area (Å²) >= 11 is 0. The molecule has 0 radical (unpaired) electrons. The van der Waals surface area contributed by atoms with E-state index in [2.05, 4.69) is 15.0 Å². The second-order valence-electron chi connectivity index (χ2n) is 6.35. The normalized spacial score (nSPS) is 17.2. The first kappa shape index (κ1) is 15.6. The van der Waals surface area contributed by atoms with Gasteiger partial charge in [0, 0.05) is 42.3 Å². The van der Waals surface area contributed by atoms with E-state index in [1.165, 1.54) is 0 Å². The Morgan fingerprint density at radius 1 is 1.36 bits per heavy atom. The second kappa shape index (κ2) is 6.55. The Morgan fingerprint density at radius 2 is 2.24 bits per heavy atom. The Hall–Kier alpha value is -2.89. The Bertz CT molecular complexity index is 905. The third kappa shape index (κ3) is 3.33. The number of ether oxygens (including phenoxy) is 1. The molecule has 1 aliphatic rings. The molecule has 6 heteroatoms. The molecule has 25 heavy (non-hydrogen) atoms. The Balaban J connectivity index is 1.39. The van der Waals surface area contributed by atoms with Gasteiger partial charge < -0.3 is 14.6 Å². The lowest BCUT2D eigenvalue weighted by molar-refractivity contribution is -0.129. The van der Waals surface area contributed by atoms with Gasteiger partial charge in [0.1, 0.15) is 11.9 Å². The molecule has 4 rings (SSSR count). The number of nitrogens with zero attached hydrogens (tertiary/aromatic N) is 3. The largest absolute Gasteiger partial charge is 0.472 e. The SMILES string of the molecule is Cc1nccc(O[C@@H]2CCN(C(=O)Cc3c[nH]c4ccccc34)C2)n1. The summed E-state index contributed by atoms with van der Waals surface area (Å²) in [7, 11) is 0. The van der Waals surface area contributed by atoms with E-state index in [0.717, 1.165) is 29.4 Å². The van der Waals surface area contributed by atoms with Crippen molar-refractivity contribution >= 4 is 16.8 Å². The number of aryl methyl sites for hydroxylation is 1. The minimum atomic E-state index is -0.0128. The van der Waals surface area contributed by atoms with Gasteiger partial charge in [0.05, 0.1) is 13.0 Å². The fourth-order valence-electron chi connectivity index (χ4n) is 3.27. The summed E-state index contributed by atoms with van der Waals surface area (Å²) in [6, 6.07) is 9.80. The van der Waals surface area contributed by atoms with Crippen LogP contribution in [0.5, 0.6) is 5.88 Å².